The zero-order chi connectivity index (χ0) is 9.84. The number of carboxylic acids is 1. The molecule has 70 valence electrons. The quantitative estimate of drug-likeness (QED) is 0.634. The normalized spacial score (nSPS) is 12.4. The molecule has 1 rings (SSSR count). The molecule has 0 aliphatic heterocycles. The summed E-state index contributed by atoms with van der Waals surface area (Å²) in [5.41, 5.74) is 5.82. The Labute approximate surface area is 75.6 Å². The second kappa shape index (κ2) is 3.91. The standard InChI is InChI=1S/C9H11NO3/c10-5-8(9(12)13)6-2-1-3-7(11)4-6/h1-4,8,11H,5,10H2,(H,12,13)/t8-/m1/s1. The minimum atomic E-state index is -0.979. The summed E-state index contributed by atoms with van der Waals surface area (Å²) < 4.78 is 0. The Kier molecular flexibility index (Phi) is 2.87. The van der Waals surface area contributed by atoms with Crippen LogP contribution >= 0.6 is 0 Å². The molecule has 1 atom stereocenters. The molecule has 0 radical (unpaired) electrons. The predicted octanol–water partition coefficient (Wildman–Crippen LogP) is 0.519. The number of aliphatic carboxylic acids is 1. The van der Waals surface area contributed by atoms with Gasteiger partial charge in [0.05, 0.1) is 5.92 Å². The van der Waals surface area contributed by atoms with Crippen molar-refractivity contribution in [1.29, 1.82) is 0 Å². The topological polar surface area (TPSA) is 83.6 Å². The van der Waals surface area contributed by atoms with Gasteiger partial charge >= 0.3 is 5.97 Å². The number of hydrogen-bond acceptors (Lipinski definition) is 3. The lowest BCUT2D eigenvalue weighted by Gasteiger charge is -2.09. The van der Waals surface area contributed by atoms with Crippen LogP contribution in [0.15, 0.2) is 24.3 Å². The maximum Gasteiger partial charge on any atom is 0.312 e. The van der Waals surface area contributed by atoms with E-state index in [1.54, 1.807) is 12.1 Å². The molecule has 0 heterocycles. The van der Waals surface area contributed by atoms with Crippen LogP contribution in [0.25, 0.3) is 0 Å². The van der Waals surface area contributed by atoms with Crippen LogP contribution < -0.4 is 5.73 Å². The second-order valence-electron chi connectivity index (χ2n) is 2.72. The van der Waals surface area contributed by atoms with E-state index in [1.165, 1.54) is 12.1 Å². The van der Waals surface area contributed by atoms with E-state index in [0.717, 1.165) is 0 Å². The van der Waals surface area contributed by atoms with Crippen molar-refractivity contribution in [2.75, 3.05) is 6.54 Å². The Hall–Kier alpha value is -1.55. The molecule has 1 aromatic rings. The number of nitrogens with two attached hydrogens (primary N) is 1. The molecule has 0 spiro atoms. The fourth-order valence-electron chi connectivity index (χ4n) is 1.12. The average molecular weight is 181 g/mol. The molecule has 13 heavy (non-hydrogen) atoms. The van der Waals surface area contributed by atoms with Crippen LogP contribution in [0.4, 0.5) is 0 Å². The molecule has 4 N–H and O–H groups in total. The van der Waals surface area contributed by atoms with E-state index in [2.05, 4.69) is 0 Å². The molecule has 0 aromatic heterocycles. The van der Waals surface area contributed by atoms with E-state index in [-0.39, 0.29) is 12.3 Å². The zero-order valence-corrected chi connectivity index (χ0v) is 6.97. The Bertz CT molecular complexity index is 311. The van der Waals surface area contributed by atoms with Crippen molar-refractivity contribution in [3.05, 3.63) is 29.8 Å². The maximum absolute atomic E-state index is 10.7. The third-order valence-electron chi connectivity index (χ3n) is 1.81. The largest absolute Gasteiger partial charge is 0.508 e. The van der Waals surface area contributed by atoms with Gasteiger partial charge in [0.1, 0.15) is 5.75 Å². The number of benzene rings is 1. The number of phenolic OH excluding ortho intramolecular Hbond substituents is 1. The highest BCUT2D eigenvalue weighted by Crippen LogP contribution is 2.19. The SMILES string of the molecule is NC[C@@H](C(=O)O)c1cccc(O)c1. The number of carbonyl (C=O) groups is 1. The van der Waals surface area contributed by atoms with E-state index in [4.69, 9.17) is 15.9 Å². The lowest BCUT2D eigenvalue weighted by molar-refractivity contribution is -0.138. The highest BCUT2D eigenvalue weighted by atomic mass is 16.4. The van der Waals surface area contributed by atoms with Crippen molar-refractivity contribution in [2.45, 2.75) is 5.92 Å². The van der Waals surface area contributed by atoms with Gasteiger partial charge in [0.25, 0.3) is 0 Å². The Morgan fingerprint density at radius 1 is 1.54 bits per heavy atom. The summed E-state index contributed by atoms with van der Waals surface area (Å²) in [5.74, 6) is -1.67. The minimum absolute atomic E-state index is 0.0266. The first kappa shape index (κ1) is 9.54. The first-order valence-electron chi connectivity index (χ1n) is 3.87. The van der Waals surface area contributed by atoms with Gasteiger partial charge in [0, 0.05) is 6.54 Å². The summed E-state index contributed by atoms with van der Waals surface area (Å²) in [6.07, 6.45) is 0. The molecule has 4 nitrogen and oxygen atoms in total. The lowest BCUT2D eigenvalue weighted by Crippen LogP contribution is -2.20. The van der Waals surface area contributed by atoms with Gasteiger partial charge in [-0.15, -0.1) is 0 Å². The van der Waals surface area contributed by atoms with Gasteiger partial charge in [-0.2, -0.15) is 0 Å². The maximum atomic E-state index is 10.7. The monoisotopic (exact) mass is 181 g/mol. The van der Waals surface area contributed by atoms with Crippen LogP contribution in [0.1, 0.15) is 11.5 Å². The summed E-state index contributed by atoms with van der Waals surface area (Å²) in [7, 11) is 0. The van der Waals surface area contributed by atoms with Gasteiger partial charge in [-0.1, -0.05) is 12.1 Å². The van der Waals surface area contributed by atoms with Crippen LogP contribution in [-0.4, -0.2) is 22.7 Å². The Morgan fingerprint density at radius 3 is 2.69 bits per heavy atom. The van der Waals surface area contributed by atoms with Gasteiger partial charge < -0.3 is 15.9 Å². The van der Waals surface area contributed by atoms with E-state index in [1.807, 2.05) is 0 Å². The predicted molar refractivity (Wildman–Crippen MR) is 47.5 cm³/mol. The van der Waals surface area contributed by atoms with E-state index >= 15 is 0 Å². The molecule has 0 fully saturated rings. The van der Waals surface area contributed by atoms with Crippen molar-refractivity contribution in [2.24, 2.45) is 5.73 Å². The van der Waals surface area contributed by atoms with Gasteiger partial charge in [0.2, 0.25) is 0 Å². The van der Waals surface area contributed by atoms with Gasteiger partial charge in [0.15, 0.2) is 0 Å². The summed E-state index contributed by atoms with van der Waals surface area (Å²) >= 11 is 0. The van der Waals surface area contributed by atoms with Gasteiger partial charge in [-0.25, -0.2) is 0 Å². The van der Waals surface area contributed by atoms with Crippen molar-refractivity contribution >= 4 is 5.97 Å². The molecule has 0 unspecified atom stereocenters. The molecular weight excluding hydrogens is 170 g/mol. The van der Waals surface area contributed by atoms with Crippen LogP contribution in [0, 0.1) is 0 Å². The molecule has 0 saturated carbocycles. The third kappa shape index (κ3) is 2.19. The molecule has 4 heteroatoms. The smallest absolute Gasteiger partial charge is 0.312 e. The average Bonchev–Trinajstić information content (AvgIpc) is 2.04. The molecule has 0 amide bonds. The summed E-state index contributed by atoms with van der Waals surface area (Å²) in [6, 6.07) is 6.12. The highest BCUT2D eigenvalue weighted by molar-refractivity contribution is 5.76. The lowest BCUT2D eigenvalue weighted by atomic mass is 9.99. The number of hydrogen-bond donors (Lipinski definition) is 3. The van der Waals surface area contributed by atoms with Crippen molar-refractivity contribution in [3.63, 3.8) is 0 Å². The number of phenols is 1. The zero-order valence-electron chi connectivity index (χ0n) is 6.97. The van der Waals surface area contributed by atoms with Gasteiger partial charge in [-0.3, -0.25) is 4.79 Å². The molecule has 1 aromatic carbocycles. The molecule has 0 aliphatic carbocycles. The number of carboxylic acid groups (broad SMARTS) is 1. The molecule has 0 saturated heterocycles. The summed E-state index contributed by atoms with van der Waals surface area (Å²) in [6.45, 7) is 0.0266. The summed E-state index contributed by atoms with van der Waals surface area (Å²) in [4.78, 5) is 10.7. The second-order valence-corrected chi connectivity index (χ2v) is 2.72. The van der Waals surface area contributed by atoms with Crippen molar-refractivity contribution < 1.29 is 15.0 Å². The van der Waals surface area contributed by atoms with E-state index in [0.29, 0.717) is 5.56 Å². The van der Waals surface area contributed by atoms with Crippen LogP contribution in [0.5, 0.6) is 5.75 Å². The van der Waals surface area contributed by atoms with Crippen LogP contribution in [-0.2, 0) is 4.79 Å². The third-order valence-corrected chi connectivity index (χ3v) is 1.81. The molecule has 0 aliphatic rings. The van der Waals surface area contributed by atoms with Crippen molar-refractivity contribution in [1.82, 2.24) is 0 Å². The fraction of sp³-hybridized carbons (Fsp3) is 0.222. The highest BCUT2D eigenvalue weighted by Gasteiger charge is 2.17. The van der Waals surface area contributed by atoms with E-state index < -0.39 is 11.9 Å². The Balaban J connectivity index is 2.98. The first-order valence-corrected chi connectivity index (χ1v) is 3.87. The summed E-state index contributed by atoms with van der Waals surface area (Å²) in [5, 5.41) is 17.9. The molecular formula is C9H11NO3. The van der Waals surface area contributed by atoms with Crippen LogP contribution in [0.2, 0.25) is 0 Å². The first-order chi connectivity index (χ1) is 6.15. The number of rotatable bonds is 3. The van der Waals surface area contributed by atoms with Crippen LogP contribution in [0.3, 0.4) is 0 Å². The fourth-order valence-corrected chi connectivity index (χ4v) is 1.12. The van der Waals surface area contributed by atoms with Gasteiger partial charge in [-0.05, 0) is 17.7 Å². The number of aromatic hydroxyl groups is 1. The minimum Gasteiger partial charge on any atom is -0.508 e. The Morgan fingerprint density at radius 2 is 2.23 bits per heavy atom. The molecule has 0 bridgehead atoms. The van der Waals surface area contributed by atoms with E-state index in [9.17, 15) is 4.79 Å². The van der Waals surface area contributed by atoms with Crippen molar-refractivity contribution in [3.8, 4) is 5.75 Å².